The van der Waals surface area contributed by atoms with Gasteiger partial charge in [0.25, 0.3) is 5.91 Å². The fourth-order valence-electron chi connectivity index (χ4n) is 3.93. The summed E-state index contributed by atoms with van der Waals surface area (Å²) < 4.78 is 0. The molecule has 0 radical (unpaired) electrons. The zero-order valence-electron chi connectivity index (χ0n) is 16.9. The summed E-state index contributed by atoms with van der Waals surface area (Å²) in [5, 5.41) is 2.65. The molecular formula is C23H26N4O3. The lowest BCUT2D eigenvalue weighted by Gasteiger charge is -2.35. The maximum Gasteiger partial charge on any atom is 0.313 e. The van der Waals surface area contributed by atoms with Crippen molar-refractivity contribution in [2.24, 2.45) is 0 Å². The third kappa shape index (κ3) is 4.45. The molecule has 0 spiro atoms. The van der Waals surface area contributed by atoms with Gasteiger partial charge in [0.2, 0.25) is 0 Å². The minimum Gasteiger partial charge on any atom is -0.368 e. The lowest BCUT2D eigenvalue weighted by molar-refractivity contribution is -0.143. The maximum atomic E-state index is 12.5. The molecule has 2 aromatic rings. The lowest BCUT2D eigenvalue weighted by Crippen LogP contribution is -2.51. The zero-order chi connectivity index (χ0) is 20.9. The van der Waals surface area contributed by atoms with Crippen LogP contribution in [0, 0.1) is 0 Å². The van der Waals surface area contributed by atoms with Crippen LogP contribution in [0.2, 0.25) is 0 Å². The molecule has 156 valence electrons. The molecule has 0 bridgehead atoms. The predicted octanol–water partition coefficient (Wildman–Crippen LogP) is 2.21. The van der Waals surface area contributed by atoms with Crippen LogP contribution in [0.1, 0.15) is 23.2 Å². The van der Waals surface area contributed by atoms with Crippen LogP contribution in [0.25, 0.3) is 0 Å². The van der Waals surface area contributed by atoms with Crippen LogP contribution in [0.5, 0.6) is 0 Å². The van der Waals surface area contributed by atoms with Crippen LogP contribution >= 0.6 is 0 Å². The van der Waals surface area contributed by atoms with Crippen molar-refractivity contribution < 1.29 is 14.4 Å². The van der Waals surface area contributed by atoms with Crippen LogP contribution < -0.4 is 10.2 Å². The van der Waals surface area contributed by atoms with E-state index >= 15 is 0 Å². The molecule has 7 heteroatoms. The first-order chi connectivity index (χ1) is 14.6. The quantitative estimate of drug-likeness (QED) is 0.794. The molecule has 2 aliphatic rings. The number of carbonyl (C=O) groups is 3. The molecule has 0 unspecified atom stereocenters. The summed E-state index contributed by atoms with van der Waals surface area (Å²) in [6.45, 7) is 3.98. The van der Waals surface area contributed by atoms with Crippen LogP contribution in [-0.2, 0) is 9.59 Å². The number of carbonyl (C=O) groups excluding carboxylic acids is 3. The molecular weight excluding hydrogens is 380 g/mol. The maximum absolute atomic E-state index is 12.5. The Kier molecular flexibility index (Phi) is 5.97. The van der Waals surface area contributed by atoms with Gasteiger partial charge in [0.05, 0.1) is 0 Å². The highest BCUT2D eigenvalue weighted by molar-refractivity contribution is 6.39. The number of para-hydroxylation sites is 1. The second kappa shape index (κ2) is 8.98. The van der Waals surface area contributed by atoms with Gasteiger partial charge in [0, 0.05) is 56.2 Å². The van der Waals surface area contributed by atoms with Gasteiger partial charge in [-0.05, 0) is 49.2 Å². The number of likely N-dealkylation sites (tertiary alicyclic amines) is 1. The van der Waals surface area contributed by atoms with Gasteiger partial charge >= 0.3 is 11.8 Å². The first kappa shape index (κ1) is 19.9. The summed E-state index contributed by atoms with van der Waals surface area (Å²) in [5.74, 6) is -1.17. The second-order valence-corrected chi connectivity index (χ2v) is 7.65. The van der Waals surface area contributed by atoms with E-state index in [0.29, 0.717) is 37.4 Å². The van der Waals surface area contributed by atoms with Crippen LogP contribution in [0.15, 0.2) is 54.6 Å². The number of nitrogens with zero attached hydrogens (tertiary/aromatic N) is 3. The highest BCUT2D eigenvalue weighted by Gasteiger charge is 2.26. The average molecular weight is 406 g/mol. The van der Waals surface area contributed by atoms with Gasteiger partial charge in [-0.1, -0.05) is 18.2 Å². The summed E-state index contributed by atoms with van der Waals surface area (Å²) in [6.07, 6.45) is 2.09. The van der Waals surface area contributed by atoms with E-state index < -0.39 is 11.8 Å². The Bertz CT molecular complexity index is 900. The predicted molar refractivity (Wildman–Crippen MR) is 115 cm³/mol. The molecule has 4 rings (SSSR count). The molecule has 7 nitrogen and oxygen atoms in total. The van der Waals surface area contributed by atoms with E-state index in [-0.39, 0.29) is 5.91 Å². The monoisotopic (exact) mass is 406 g/mol. The molecule has 2 saturated heterocycles. The summed E-state index contributed by atoms with van der Waals surface area (Å²) in [4.78, 5) is 43.0. The SMILES string of the molecule is O=C(Nc1ccc(C(=O)N2CCCC2)cc1)C(=O)N1CCN(c2ccccc2)CC1. The topological polar surface area (TPSA) is 73.0 Å². The van der Waals surface area contributed by atoms with Crippen LogP contribution in [-0.4, -0.2) is 66.8 Å². The van der Waals surface area contributed by atoms with Crippen molar-refractivity contribution in [2.45, 2.75) is 12.8 Å². The van der Waals surface area contributed by atoms with Crippen LogP contribution in [0.4, 0.5) is 11.4 Å². The second-order valence-electron chi connectivity index (χ2n) is 7.65. The van der Waals surface area contributed by atoms with E-state index in [2.05, 4.69) is 10.2 Å². The van der Waals surface area contributed by atoms with Crippen molar-refractivity contribution >= 4 is 29.1 Å². The molecule has 30 heavy (non-hydrogen) atoms. The summed E-state index contributed by atoms with van der Waals surface area (Å²) >= 11 is 0. The molecule has 2 aromatic carbocycles. The largest absolute Gasteiger partial charge is 0.368 e. The Hall–Kier alpha value is -3.35. The van der Waals surface area contributed by atoms with E-state index in [1.54, 1.807) is 29.2 Å². The van der Waals surface area contributed by atoms with Crippen molar-refractivity contribution in [3.63, 3.8) is 0 Å². The van der Waals surface area contributed by atoms with Gasteiger partial charge in [0.1, 0.15) is 0 Å². The summed E-state index contributed by atoms with van der Waals surface area (Å²) in [6, 6.07) is 16.8. The van der Waals surface area contributed by atoms with Crippen molar-refractivity contribution in [3.05, 3.63) is 60.2 Å². The number of piperazine rings is 1. The molecule has 0 saturated carbocycles. The highest BCUT2D eigenvalue weighted by atomic mass is 16.2. The fourth-order valence-corrected chi connectivity index (χ4v) is 3.93. The Balaban J connectivity index is 1.29. The van der Waals surface area contributed by atoms with E-state index in [4.69, 9.17) is 0 Å². The van der Waals surface area contributed by atoms with Crippen molar-refractivity contribution in [1.29, 1.82) is 0 Å². The van der Waals surface area contributed by atoms with Gasteiger partial charge in [-0.15, -0.1) is 0 Å². The smallest absolute Gasteiger partial charge is 0.313 e. The fraction of sp³-hybridized carbons (Fsp3) is 0.348. The third-order valence-corrected chi connectivity index (χ3v) is 5.67. The normalized spacial score (nSPS) is 16.5. The lowest BCUT2D eigenvalue weighted by atomic mass is 10.2. The Morgan fingerprint density at radius 1 is 0.700 bits per heavy atom. The zero-order valence-corrected chi connectivity index (χ0v) is 16.9. The average Bonchev–Trinajstić information content (AvgIpc) is 3.34. The third-order valence-electron chi connectivity index (χ3n) is 5.67. The number of anilines is 2. The van der Waals surface area contributed by atoms with Gasteiger partial charge in [-0.2, -0.15) is 0 Å². The van der Waals surface area contributed by atoms with Crippen molar-refractivity contribution in [3.8, 4) is 0 Å². The number of rotatable bonds is 3. The van der Waals surface area contributed by atoms with Crippen molar-refractivity contribution in [2.75, 3.05) is 49.5 Å². The summed E-state index contributed by atoms with van der Waals surface area (Å²) in [7, 11) is 0. The number of benzene rings is 2. The Morgan fingerprint density at radius 2 is 1.33 bits per heavy atom. The molecule has 0 aliphatic carbocycles. The molecule has 1 N–H and O–H groups in total. The highest BCUT2D eigenvalue weighted by Crippen LogP contribution is 2.17. The minimum atomic E-state index is -0.651. The number of amides is 3. The van der Waals surface area contributed by atoms with Gasteiger partial charge < -0.3 is 20.0 Å². The van der Waals surface area contributed by atoms with E-state index in [0.717, 1.165) is 31.6 Å². The van der Waals surface area contributed by atoms with E-state index in [1.807, 2.05) is 35.2 Å². The molecule has 0 atom stereocenters. The standard InChI is InChI=1S/C23H26N4O3/c28-21(23(30)27-16-14-25(15-17-27)20-6-2-1-3-7-20)24-19-10-8-18(9-11-19)22(29)26-12-4-5-13-26/h1-3,6-11H,4-5,12-17H2,(H,24,28). The number of hydrogen-bond acceptors (Lipinski definition) is 4. The van der Waals surface area contributed by atoms with Gasteiger partial charge in [-0.25, -0.2) is 0 Å². The Morgan fingerprint density at radius 3 is 1.97 bits per heavy atom. The molecule has 2 heterocycles. The van der Waals surface area contributed by atoms with Gasteiger partial charge in [-0.3, -0.25) is 14.4 Å². The first-order valence-corrected chi connectivity index (χ1v) is 10.4. The minimum absolute atomic E-state index is 0.0118. The molecule has 2 aliphatic heterocycles. The summed E-state index contributed by atoms with van der Waals surface area (Å²) in [5.41, 5.74) is 2.23. The van der Waals surface area contributed by atoms with Crippen molar-refractivity contribution in [1.82, 2.24) is 9.80 Å². The number of nitrogens with one attached hydrogen (secondary N) is 1. The molecule has 0 aromatic heterocycles. The van der Waals surface area contributed by atoms with Gasteiger partial charge in [0.15, 0.2) is 0 Å². The number of hydrogen-bond donors (Lipinski definition) is 1. The van der Waals surface area contributed by atoms with E-state index in [1.165, 1.54) is 0 Å². The van der Waals surface area contributed by atoms with Crippen LogP contribution in [0.3, 0.4) is 0 Å². The first-order valence-electron chi connectivity index (χ1n) is 10.4. The molecule has 2 fully saturated rings. The van der Waals surface area contributed by atoms with E-state index in [9.17, 15) is 14.4 Å². The Labute approximate surface area is 176 Å². The molecule has 3 amide bonds.